The fourth-order valence-electron chi connectivity index (χ4n) is 2.20. The maximum atomic E-state index is 12.1. The van der Waals surface area contributed by atoms with E-state index < -0.39 is 5.91 Å². The summed E-state index contributed by atoms with van der Waals surface area (Å²) < 4.78 is 0. The summed E-state index contributed by atoms with van der Waals surface area (Å²) in [5, 5.41) is 6.19. The molecule has 1 aliphatic rings. The highest BCUT2D eigenvalue weighted by Crippen LogP contribution is 2.21. The molecule has 0 spiro atoms. The molecule has 2 atom stereocenters. The van der Waals surface area contributed by atoms with E-state index in [0.29, 0.717) is 11.6 Å². The van der Waals surface area contributed by atoms with Gasteiger partial charge in [-0.25, -0.2) is 0 Å². The number of nitrogens with two attached hydrogens (primary N) is 1. The summed E-state index contributed by atoms with van der Waals surface area (Å²) >= 11 is 5.85. The van der Waals surface area contributed by atoms with Crippen LogP contribution < -0.4 is 16.4 Å². The van der Waals surface area contributed by atoms with Gasteiger partial charge in [-0.1, -0.05) is 18.5 Å². The van der Waals surface area contributed by atoms with Gasteiger partial charge in [0.1, 0.15) is 0 Å². The molecule has 0 aliphatic carbocycles. The van der Waals surface area contributed by atoms with Crippen LogP contribution in [0.25, 0.3) is 0 Å². The van der Waals surface area contributed by atoms with Crippen LogP contribution in [0.2, 0.25) is 5.02 Å². The molecule has 0 saturated carbocycles. The Morgan fingerprint density at radius 1 is 1.47 bits per heavy atom. The Bertz CT molecular complexity index is 519. The predicted molar refractivity (Wildman–Crippen MR) is 74.2 cm³/mol. The average Bonchev–Trinajstić information content (AvgIpc) is 2.77. The molecule has 0 bridgehead atoms. The van der Waals surface area contributed by atoms with Crippen molar-refractivity contribution in [3.8, 4) is 0 Å². The molecule has 2 amide bonds. The van der Waals surface area contributed by atoms with E-state index in [2.05, 4.69) is 10.6 Å². The lowest BCUT2D eigenvalue weighted by Gasteiger charge is -2.15. The zero-order valence-corrected chi connectivity index (χ0v) is 11.3. The standard InChI is InChI=1S/C13H16ClN3O2/c1-7-4-5-16-11(7)13(19)17-8-2-3-10(14)9(6-8)12(15)18/h2-3,6-7,11,16H,4-5H2,1H3,(H2,15,18)(H,17,19). The Morgan fingerprint density at radius 3 is 2.79 bits per heavy atom. The predicted octanol–water partition coefficient (Wildman–Crippen LogP) is 1.38. The fourth-order valence-corrected chi connectivity index (χ4v) is 2.41. The van der Waals surface area contributed by atoms with Gasteiger partial charge >= 0.3 is 0 Å². The molecular weight excluding hydrogens is 266 g/mol. The Hall–Kier alpha value is -1.59. The third kappa shape index (κ3) is 3.05. The molecular formula is C13H16ClN3O2. The lowest BCUT2D eigenvalue weighted by atomic mass is 10.0. The Balaban J connectivity index is 2.13. The Labute approximate surface area is 116 Å². The SMILES string of the molecule is CC1CCNC1C(=O)Nc1ccc(Cl)c(C(N)=O)c1. The van der Waals surface area contributed by atoms with Crippen molar-refractivity contribution in [1.82, 2.24) is 5.32 Å². The zero-order chi connectivity index (χ0) is 14.0. The second-order valence-corrected chi connectivity index (χ2v) is 5.15. The van der Waals surface area contributed by atoms with Crippen molar-refractivity contribution in [2.24, 2.45) is 11.7 Å². The molecule has 1 heterocycles. The Kier molecular flexibility index (Phi) is 4.07. The molecule has 1 fully saturated rings. The van der Waals surface area contributed by atoms with Crippen molar-refractivity contribution in [2.45, 2.75) is 19.4 Å². The molecule has 4 N–H and O–H groups in total. The molecule has 5 nitrogen and oxygen atoms in total. The minimum absolute atomic E-state index is 0.109. The Morgan fingerprint density at radius 2 is 2.21 bits per heavy atom. The van der Waals surface area contributed by atoms with Crippen molar-refractivity contribution in [1.29, 1.82) is 0 Å². The van der Waals surface area contributed by atoms with Crippen LogP contribution >= 0.6 is 11.6 Å². The highest BCUT2D eigenvalue weighted by Gasteiger charge is 2.29. The van der Waals surface area contributed by atoms with Crippen LogP contribution in [0.5, 0.6) is 0 Å². The summed E-state index contributed by atoms with van der Waals surface area (Å²) in [4.78, 5) is 23.2. The van der Waals surface area contributed by atoms with Gasteiger partial charge in [0.05, 0.1) is 16.6 Å². The highest BCUT2D eigenvalue weighted by molar-refractivity contribution is 6.34. The van der Waals surface area contributed by atoms with E-state index in [-0.39, 0.29) is 22.5 Å². The van der Waals surface area contributed by atoms with E-state index in [1.165, 1.54) is 6.07 Å². The van der Waals surface area contributed by atoms with Gasteiger partial charge in [0.25, 0.3) is 0 Å². The second-order valence-electron chi connectivity index (χ2n) is 4.75. The quantitative estimate of drug-likeness (QED) is 0.782. The second kappa shape index (κ2) is 5.59. The van der Waals surface area contributed by atoms with Crippen LogP contribution in [0.4, 0.5) is 5.69 Å². The summed E-state index contributed by atoms with van der Waals surface area (Å²) in [6, 6.07) is 4.48. The molecule has 0 radical (unpaired) electrons. The number of carbonyl (C=O) groups excluding carboxylic acids is 2. The third-order valence-electron chi connectivity index (χ3n) is 3.31. The highest BCUT2D eigenvalue weighted by atomic mass is 35.5. The minimum Gasteiger partial charge on any atom is -0.366 e. The molecule has 2 rings (SSSR count). The summed E-state index contributed by atoms with van der Waals surface area (Å²) in [5.41, 5.74) is 5.93. The molecule has 6 heteroatoms. The minimum atomic E-state index is -0.617. The van der Waals surface area contributed by atoms with E-state index in [0.717, 1.165) is 13.0 Å². The van der Waals surface area contributed by atoms with Gasteiger partial charge in [-0.15, -0.1) is 0 Å². The van der Waals surface area contributed by atoms with Gasteiger partial charge in [0, 0.05) is 5.69 Å². The average molecular weight is 282 g/mol. The number of nitrogens with one attached hydrogen (secondary N) is 2. The monoisotopic (exact) mass is 281 g/mol. The van der Waals surface area contributed by atoms with Crippen LogP contribution in [-0.4, -0.2) is 24.4 Å². The normalized spacial score (nSPS) is 22.2. The number of carbonyl (C=O) groups is 2. The maximum Gasteiger partial charge on any atom is 0.250 e. The van der Waals surface area contributed by atoms with E-state index in [1.54, 1.807) is 12.1 Å². The smallest absolute Gasteiger partial charge is 0.250 e. The summed E-state index contributed by atoms with van der Waals surface area (Å²) in [6.07, 6.45) is 0.977. The molecule has 102 valence electrons. The maximum absolute atomic E-state index is 12.1. The first kappa shape index (κ1) is 13.8. The number of amides is 2. The molecule has 1 aromatic rings. The lowest BCUT2D eigenvalue weighted by Crippen LogP contribution is -2.39. The summed E-state index contributed by atoms with van der Waals surface area (Å²) in [5.74, 6) is -0.431. The van der Waals surface area contributed by atoms with Gasteiger partial charge in [0.2, 0.25) is 11.8 Å². The third-order valence-corrected chi connectivity index (χ3v) is 3.64. The van der Waals surface area contributed by atoms with Crippen molar-refractivity contribution < 1.29 is 9.59 Å². The topological polar surface area (TPSA) is 84.2 Å². The van der Waals surface area contributed by atoms with Crippen LogP contribution in [0, 0.1) is 5.92 Å². The first-order valence-electron chi connectivity index (χ1n) is 6.12. The fraction of sp³-hybridized carbons (Fsp3) is 0.385. The number of primary amides is 1. The van der Waals surface area contributed by atoms with E-state index >= 15 is 0 Å². The number of hydrogen-bond donors (Lipinski definition) is 3. The largest absolute Gasteiger partial charge is 0.366 e. The van der Waals surface area contributed by atoms with Gasteiger partial charge in [0.15, 0.2) is 0 Å². The van der Waals surface area contributed by atoms with E-state index in [4.69, 9.17) is 17.3 Å². The molecule has 1 aliphatic heterocycles. The number of hydrogen-bond acceptors (Lipinski definition) is 3. The van der Waals surface area contributed by atoms with Crippen LogP contribution in [0.1, 0.15) is 23.7 Å². The first-order valence-corrected chi connectivity index (χ1v) is 6.50. The van der Waals surface area contributed by atoms with E-state index in [9.17, 15) is 9.59 Å². The molecule has 19 heavy (non-hydrogen) atoms. The molecule has 0 aromatic heterocycles. The molecule has 2 unspecified atom stereocenters. The van der Waals surface area contributed by atoms with Crippen LogP contribution in [0.15, 0.2) is 18.2 Å². The number of anilines is 1. The van der Waals surface area contributed by atoms with E-state index in [1.807, 2.05) is 6.92 Å². The molecule has 1 aromatic carbocycles. The van der Waals surface area contributed by atoms with Gasteiger partial charge in [-0.2, -0.15) is 0 Å². The first-order chi connectivity index (χ1) is 8.99. The van der Waals surface area contributed by atoms with Gasteiger partial charge < -0.3 is 16.4 Å². The molecule has 1 saturated heterocycles. The van der Waals surface area contributed by atoms with Crippen molar-refractivity contribution in [3.63, 3.8) is 0 Å². The van der Waals surface area contributed by atoms with Gasteiger partial charge in [-0.05, 0) is 37.1 Å². The van der Waals surface area contributed by atoms with Gasteiger partial charge in [-0.3, -0.25) is 9.59 Å². The van der Waals surface area contributed by atoms with Crippen molar-refractivity contribution >= 4 is 29.1 Å². The summed E-state index contributed by atoms with van der Waals surface area (Å²) in [7, 11) is 0. The number of halogens is 1. The zero-order valence-electron chi connectivity index (χ0n) is 10.6. The summed E-state index contributed by atoms with van der Waals surface area (Å²) in [6.45, 7) is 2.87. The van der Waals surface area contributed by atoms with Crippen LogP contribution in [0.3, 0.4) is 0 Å². The lowest BCUT2D eigenvalue weighted by molar-refractivity contribution is -0.118. The number of benzene rings is 1. The van der Waals surface area contributed by atoms with Crippen LogP contribution in [-0.2, 0) is 4.79 Å². The van der Waals surface area contributed by atoms with Crippen molar-refractivity contribution in [2.75, 3.05) is 11.9 Å². The van der Waals surface area contributed by atoms with Crippen molar-refractivity contribution in [3.05, 3.63) is 28.8 Å². The number of rotatable bonds is 3.